The largest absolute Gasteiger partial charge is 2.00 e. The molecule has 0 spiro atoms. The fraction of sp³-hybridized carbons (Fsp3) is 0.909. The third-order valence-corrected chi connectivity index (χ3v) is 4.29. The minimum Gasteiger partial charge on any atom is -0.356 e. The molecule has 0 radical (unpaired) electrons. The number of unbranched alkanes of at least 4 members (excludes halogenated alkanes) is 5. The Labute approximate surface area is 165 Å². The molecule has 1 aliphatic heterocycles. The number of carbonyl (C=O) groups is 1. The first kappa shape index (κ1) is 28.1. The molecule has 1 amide bonds. The first-order valence-electron chi connectivity index (χ1n) is 6.93. The molecule has 1 unspecified atom stereocenters. The molecule has 0 aliphatic carbocycles. The van der Waals surface area contributed by atoms with Crippen LogP contribution in [0, 0.1) is 30.6 Å². The molecule has 136 valence electrons. The molecule has 1 aliphatic rings. The van der Waals surface area contributed by atoms with Gasteiger partial charge >= 0.3 is 23.1 Å². The normalized spacial score (nSPS) is 15.3. The second-order valence-electron chi connectivity index (χ2n) is 4.42. The van der Waals surface area contributed by atoms with Gasteiger partial charge in [-0.25, -0.2) is 0 Å². The van der Waals surface area contributed by atoms with Gasteiger partial charge in [-0.3, -0.25) is 9.10 Å². The van der Waals surface area contributed by atoms with Gasteiger partial charge in [0.25, 0.3) is 5.91 Å². The molecule has 0 N–H and O–H groups in total. The number of carbonyl (C=O) groups excluding carboxylic acids is 1. The molecule has 0 aromatic heterocycles. The molecular formula is C11H20ClMgN3O7S. The quantitative estimate of drug-likeness (QED) is 0.158. The van der Waals surface area contributed by atoms with Crippen LogP contribution >= 0.6 is 23.5 Å². The van der Waals surface area contributed by atoms with E-state index in [2.05, 4.69) is 6.92 Å². The maximum atomic E-state index is 11.4. The van der Waals surface area contributed by atoms with Crippen molar-refractivity contribution in [3.63, 3.8) is 0 Å². The zero-order chi connectivity index (χ0) is 18.3. The van der Waals surface area contributed by atoms with Crippen LogP contribution in [0.3, 0.4) is 0 Å². The average molecular weight is 398 g/mol. The second-order valence-corrected chi connectivity index (χ2v) is 5.98. The van der Waals surface area contributed by atoms with Crippen LogP contribution in [0.15, 0.2) is 0 Å². The number of halogens is 1. The Morgan fingerprint density at radius 1 is 1.08 bits per heavy atom. The molecule has 0 bridgehead atoms. The maximum absolute atomic E-state index is 11.4. The average Bonchev–Trinajstić information content (AvgIpc) is 2.73. The number of amides is 1. The molecule has 0 aromatic carbocycles. The van der Waals surface area contributed by atoms with Gasteiger partial charge in [-0.1, -0.05) is 39.0 Å². The van der Waals surface area contributed by atoms with Gasteiger partial charge in [0, 0.05) is 12.3 Å². The van der Waals surface area contributed by atoms with Gasteiger partial charge in [0.1, 0.15) is 5.38 Å². The Morgan fingerprint density at radius 2 is 1.50 bits per heavy atom. The van der Waals surface area contributed by atoms with E-state index < -0.39 is 10.2 Å². The monoisotopic (exact) mass is 397 g/mol. The number of nitrogens with zero attached hydrogens (tertiary/aromatic N) is 3. The molecule has 0 aromatic rings. The van der Waals surface area contributed by atoms with Gasteiger partial charge in [-0.15, -0.1) is 11.6 Å². The SMILES string of the molecule is CCCCCCCCN1SCC(Cl)C1=O.O=[N+]([O-])[O-].O=[N+]([O-])[O-].[Mg+2]. The topological polar surface area (TPSA) is 153 Å². The van der Waals surface area contributed by atoms with E-state index in [-0.39, 0.29) is 34.3 Å². The van der Waals surface area contributed by atoms with Crippen LogP contribution in [0.5, 0.6) is 0 Å². The van der Waals surface area contributed by atoms with E-state index in [1.165, 1.54) is 32.1 Å². The van der Waals surface area contributed by atoms with Crippen LogP contribution in [0.25, 0.3) is 0 Å². The van der Waals surface area contributed by atoms with E-state index in [9.17, 15) is 4.79 Å². The van der Waals surface area contributed by atoms with Crippen molar-refractivity contribution < 1.29 is 15.0 Å². The Bertz CT molecular complexity index is 349. The minimum atomic E-state index is -1.75. The summed E-state index contributed by atoms with van der Waals surface area (Å²) in [6.45, 7) is 3.10. The molecule has 1 rings (SSSR count). The van der Waals surface area contributed by atoms with Gasteiger partial charge in [0.2, 0.25) is 0 Å². The summed E-state index contributed by atoms with van der Waals surface area (Å²) < 4.78 is 1.83. The van der Waals surface area contributed by atoms with Crippen molar-refractivity contribution in [3.8, 4) is 0 Å². The first-order chi connectivity index (χ1) is 10.7. The third kappa shape index (κ3) is 21.3. The minimum absolute atomic E-state index is 0. The molecule has 1 saturated heterocycles. The summed E-state index contributed by atoms with van der Waals surface area (Å²) in [4.78, 5) is 27.9. The van der Waals surface area contributed by atoms with Crippen molar-refractivity contribution in [1.29, 1.82) is 0 Å². The van der Waals surface area contributed by atoms with Crippen molar-refractivity contribution in [3.05, 3.63) is 30.6 Å². The Morgan fingerprint density at radius 3 is 1.88 bits per heavy atom. The molecule has 10 nitrogen and oxygen atoms in total. The number of alkyl halides is 1. The van der Waals surface area contributed by atoms with Crippen molar-refractivity contribution in [2.24, 2.45) is 0 Å². The van der Waals surface area contributed by atoms with Crippen LogP contribution < -0.4 is 0 Å². The van der Waals surface area contributed by atoms with E-state index in [0.717, 1.165) is 18.7 Å². The predicted octanol–water partition coefficient (Wildman–Crippen LogP) is 2.59. The van der Waals surface area contributed by atoms with Crippen molar-refractivity contribution in [2.45, 2.75) is 50.8 Å². The summed E-state index contributed by atoms with van der Waals surface area (Å²) in [5.74, 6) is 0.853. The van der Waals surface area contributed by atoms with E-state index in [1.54, 1.807) is 11.9 Å². The van der Waals surface area contributed by atoms with E-state index in [4.69, 9.17) is 42.2 Å². The van der Waals surface area contributed by atoms with Gasteiger partial charge in [0.05, 0.1) is 10.2 Å². The summed E-state index contributed by atoms with van der Waals surface area (Å²) in [7, 11) is 0. The van der Waals surface area contributed by atoms with E-state index in [1.807, 2.05) is 4.31 Å². The van der Waals surface area contributed by atoms with Crippen molar-refractivity contribution in [1.82, 2.24) is 4.31 Å². The van der Waals surface area contributed by atoms with Crippen LogP contribution in [0.2, 0.25) is 0 Å². The summed E-state index contributed by atoms with van der Waals surface area (Å²) >= 11 is 7.41. The summed E-state index contributed by atoms with van der Waals surface area (Å²) in [5, 5.41) is 29.2. The Balaban J connectivity index is -0.000000413. The molecular weight excluding hydrogens is 378 g/mol. The van der Waals surface area contributed by atoms with Crippen LogP contribution in [0.4, 0.5) is 0 Å². The number of hydrogen-bond acceptors (Lipinski definition) is 8. The van der Waals surface area contributed by atoms with Crippen LogP contribution in [-0.2, 0) is 4.79 Å². The van der Waals surface area contributed by atoms with Gasteiger partial charge in [-0.05, 0) is 18.4 Å². The summed E-state index contributed by atoms with van der Waals surface area (Å²) in [6, 6.07) is 0. The zero-order valence-corrected chi connectivity index (χ0v) is 16.4. The van der Waals surface area contributed by atoms with E-state index in [0.29, 0.717) is 0 Å². The van der Waals surface area contributed by atoms with E-state index >= 15 is 0 Å². The van der Waals surface area contributed by atoms with Crippen LogP contribution in [-0.4, -0.2) is 61.1 Å². The fourth-order valence-electron chi connectivity index (χ4n) is 1.66. The van der Waals surface area contributed by atoms with Crippen LogP contribution in [0.1, 0.15) is 45.4 Å². The Hall–Kier alpha value is -0.724. The standard InChI is InChI=1S/C11H20ClNOS.Mg.2NO3/c1-2-3-4-5-6-7-8-13-11(14)10(12)9-15-13;;2*2-1(3)4/h10H,2-9H2,1H3;;;/q;+2;2*-1. The van der Waals surface area contributed by atoms with Crippen molar-refractivity contribution >= 4 is 52.5 Å². The predicted molar refractivity (Wildman–Crippen MR) is 93.7 cm³/mol. The number of rotatable bonds is 7. The van der Waals surface area contributed by atoms with Gasteiger partial charge in [0.15, 0.2) is 0 Å². The third-order valence-electron chi connectivity index (χ3n) is 2.61. The number of hydrogen-bond donors (Lipinski definition) is 0. The molecule has 1 fully saturated rings. The zero-order valence-electron chi connectivity index (χ0n) is 13.4. The molecule has 1 atom stereocenters. The molecule has 0 saturated carbocycles. The second kappa shape index (κ2) is 18.6. The Kier molecular flexibility index (Phi) is 21.8. The molecule has 24 heavy (non-hydrogen) atoms. The first-order valence-corrected chi connectivity index (χ1v) is 8.31. The van der Waals surface area contributed by atoms with Gasteiger partial charge < -0.3 is 30.6 Å². The van der Waals surface area contributed by atoms with Crippen molar-refractivity contribution in [2.75, 3.05) is 12.3 Å². The van der Waals surface area contributed by atoms with Gasteiger partial charge in [-0.2, -0.15) is 0 Å². The fourth-order valence-corrected chi connectivity index (χ4v) is 2.97. The summed E-state index contributed by atoms with van der Waals surface area (Å²) in [5.41, 5.74) is 0. The molecule has 1 heterocycles. The maximum Gasteiger partial charge on any atom is 2.00 e. The molecule has 13 heteroatoms. The summed E-state index contributed by atoms with van der Waals surface area (Å²) in [6.07, 6.45) is 7.60. The smallest absolute Gasteiger partial charge is 0.356 e.